The summed E-state index contributed by atoms with van der Waals surface area (Å²) in [6.45, 7) is 14.2. The number of guanidine groups is 1. The molecule has 0 atom stereocenters. The fourth-order valence-electron chi connectivity index (χ4n) is 3.60. The van der Waals surface area contributed by atoms with E-state index in [1.54, 1.807) is 12.4 Å². The van der Waals surface area contributed by atoms with Gasteiger partial charge in [-0.25, -0.2) is 15.0 Å². The van der Waals surface area contributed by atoms with Gasteiger partial charge in [0, 0.05) is 63.8 Å². The Hall–Kier alpha value is -2.87. The summed E-state index contributed by atoms with van der Waals surface area (Å²) in [5.41, 5.74) is 2.31. The van der Waals surface area contributed by atoms with Crippen molar-refractivity contribution in [2.75, 3.05) is 57.3 Å². The number of aryl methyl sites for hydroxylation is 1. The SMILES string of the molecule is CCCOc1cc(C)ccc1CN=C(NCC)NCCN1CCN(c2ncccn2)CC1. The molecule has 0 bridgehead atoms. The lowest BCUT2D eigenvalue weighted by atomic mass is 10.1. The van der Waals surface area contributed by atoms with Crippen LogP contribution in [0.2, 0.25) is 0 Å². The van der Waals surface area contributed by atoms with Crippen LogP contribution in [-0.2, 0) is 6.54 Å². The molecule has 0 saturated carbocycles. The predicted octanol–water partition coefficient (Wildman–Crippen LogP) is 2.45. The van der Waals surface area contributed by atoms with Gasteiger partial charge in [-0.3, -0.25) is 4.90 Å². The highest BCUT2D eigenvalue weighted by Crippen LogP contribution is 2.21. The van der Waals surface area contributed by atoms with Crippen LogP contribution < -0.4 is 20.3 Å². The van der Waals surface area contributed by atoms with E-state index in [2.05, 4.69) is 69.4 Å². The second kappa shape index (κ2) is 12.9. The topological polar surface area (TPSA) is 77.9 Å². The van der Waals surface area contributed by atoms with Crippen molar-refractivity contribution in [1.29, 1.82) is 0 Å². The van der Waals surface area contributed by atoms with Crippen molar-refractivity contribution in [3.05, 3.63) is 47.8 Å². The maximum Gasteiger partial charge on any atom is 0.225 e. The number of ether oxygens (including phenoxy) is 1. The molecule has 0 radical (unpaired) electrons. The number of piperazine rings is 1. The number of rotatable bonds is 10. The molecule has 1 aromatic carbocycles. The molecule has 2 aromatic rings. The molecule has 0 unspecified atom stereocenters. The second-order valence-electron chi connectivity index (χ2n) is 7.96. The Labute approximate surface area is 192 Å². The maximum atomic E-state index is 5.93. The van der Waals surface area contributed by atoms with Crippen LogP contribution >= 0.6 is 0 Å². The lowest BCUT2D eigenvalue weighted by Gasteiger charge is -2.34. The molecular formula is C24H37N7O. The minimum atomic E-state index is 0.588. The number of hydrogen-bond acceptors (Lipinski definition) is 6. The van der Waals surface area contributed by atoms with E-state index in [9.17, 15) is 0 Å². The van der Waals surface area contributed by atoms with Crippen molar-refractivity contribution in [2.45, 2.75) is 33.7 Å². The third-order valence-corrected chi connectivity index (χ3v) is 5.36. The molecule has 0 aliphatic carbocycles. The van der Waals surface area contributed by atoms with Crippen LogP contribution in [0.3, 0.4) is 0 Å². The van der Waals surface area contributed by atoms with Gasteiger partial charge in [-0.2, -0.15) is 0 Å². The Morgan fingerprint density at radius 1 is 1.09 bits per heavy atom. The zero-order valence-corrected chi connectivity index (χ0v) is 19.7. The Morgan fingerprint density at radius 3 is 2.59 bits per heavy atom. The van der Waals surface area contributed by atoms with Crippen molar-refractivity contribution in [3.8, 4) is 5.75 Å². The number of aliphatic imine (C=N–C) groups is 1. The maximum absolute atomic E-state index is 5.93. The van der Waals surface area contributed by atoms with Crippen LogP contribution in [0, 0.1) is 6.92 Å². The lowest BCUT2D eigenvalue weighted by Crippen LogP contribution is -2.49. The van der Waals surface area contributed by atoms with E-state index in [1.165, 1.54) is 5.56 Å². The lowest BCUT2D eigenvalue weighted by molar-refractivity contribution is 0.260. The van der Waals surface area contributed by atoms with Crippen LogP contribution in [0.15, 0.2) is 41.7 Å². The fourth-order valence-corrected chi connectivity index (χ4v) is 3.60. The smallest absolute Gasteiger partial charge is 0.225 e. The molecule has 174 valence electrons. The van der Waals surface area contributed by atoms with Crippen LogP contribution in [0.5, 0.6) is 5.75 Å². The average molecular weight is 440 g/mol. The molecular weight excluding hydrogens is 402 g/mol. The first-order valence-corrected chi connectivity index (χ1v) is 11.7. The van der Waals surface area contributed by atoms with Gasteiger partial charge in [0.15, 0.2) is 5.96 Å². The summed E-state index contributed by atoms with van der Waals surface area (Å²) in [4.78, 5) is 18.2. The van der Waals surface area contributed by atoms with E-state index >= 15 is 0 Å². The molecule has 1 aromatic heterocycles. The Morgan fingerprint density at radius 2 is 1.88 bits per heavy atom. The van der Waals surface area contributed by atoms with Gasteiger partial charge in [0.05, 0.1) is 13.2 Å². The highest BCUT2D eigenvalue weighted by atomic mass is 16.5. The van der Waals surface area contributed by atoms with Crippen LogP contribution in [-0.4, -0.2) is 73.2 Å². The van der Waals surface area contributed by atoms with Crippen LogP contribution in [0.1, 0.15) is 31.4 Å². The van der Waals surface area contributed by atoms with Gasteiger partial charge in [0.25, 0.3) is 0 Å². The van der Waals surface area contributed by atoms with E-state index in [0.29, 0.717) is 6.54 Å². The quantitative estimate of drug-likeness (QED) is 0.435. The van der Waals surface area contributed by atoms with Gasteiger partial charge >= 0.3 is 0 Å². The Kier molecular flexibility index (Phi) is 9.56. The zero-order valence-electron chi connectivity index (χ0n) is 19.7. The molecule has 1 aliphatic rings. The van der Waals surface area contributed by atoms with E-state index in [0.717, 1.165) is 82.1 Å². The monoisotopic (exact) mass is 439 g/mol. The standard InChI is InChI=1S/C24H37N7O/c1-4-17-32-22-18-20(3)7-8-21(22)19-29-23(25-5-2)26-11-12-30-13-15-31(16-14-30)24-27-9-6-10-28-24/h6-10,18H,4-5,11-17,19H2,1-3H3,(H2,25,26,29). The van der Waals surface area contributed by atoms with Crippen molar-refractivity contribution in [3.63, 3.8) is 0 Å². The predicted molar refractivity (Wildman–Crippen MR) is 130 cm³/mol. The molecule has 8 heteroatoms. The highest BCUT2D eigenvalue weighted by molar-refractivity contribution is 5.79. The number of nitrogens with one attached hydrogen (secondary N) is 2. The van der Waals surface area contributed by atoms with E-state index in [1.807, 2.05) is 6.07 Å². The van der Waals surface area contributed by atoms with Gasteiger partial charge in [0.2, 0.25) is 5.95 Å². The minimum Gasteiger partial charge on any atom is -0.493 e. The van der Waals surface area contributed by atoms with Gasteiger partial charge in [0.1, 0.15) is 5.75 Å². The average Bonchev–Trinajstić information content (AvgIpc) is 2.83. The molecule has 3 rings (SSSR count). The van der Waals surface area contributed by atoms with E-state index in [4.69, 9.17) is 9.73 Å². The largest absolute Gasteiger partial charge is 0.493 e. The van der Waals surface area contributed by atoms with Crippen LogP contribution in [0.25, 0.3) is 0 Å². The molecule has 1 saturated heterocycles. The van der Waals surface area contributed by atoms with E-state index in [-0.39, 0.29) is 0 Å². The summed E-state index contributed by atoms with van der Waals surface area (Å²) >= 11 is 0. The first-order chi connectivity index (χ1) is 15.7. The van der Waals surface area contributed by atoms with Crippen molar-refractivity contribution >= 4 is 11.9 Å². The van der Waals surface area contributed by atoms with Crippen molar-refractivity contribution < 1.29 is 4.74 Å². The van der Waals surface area contributed by atoms with Crippen LogP contribution in [0.4, 0.5) is 5.95 Å². The minimum absolute atomic E-state index is 0.588. The van der Waals surface area contributed by atoms with Gasteiger partial charge in [-0.05, 0) is 38.0 Å². The summed E-state index contributed by atoms with van der Waals surface area (Å²) in [6, 6.07) is 8.18. The Bertz CT molecular complexity index is 835. The molecule has 32 heavy (non-hydrogen) atoms. The number of benzene rings is 1. The number of anilines is 1. The van der Waals surface area contributed by atoms with Gasteiger partial charge < -0.3 is 20.3 Å². The molecule has 0 amide bonds. The number of aromatic nitrogens is 2. The normalized spacial score (nSPS) is 15.0. The first kappa shape index (κ1) is 23.8. The van der Waals surface area contributed by atoms with Gasteiger partial charge in [-0.15, -0.1) is 0 Å². The van der Waals surface area contributed by atoms with Gasteiger partial charge in [-0.1, -0.05) is 19.1 Å². The summed E-state index contributed by atoms with van der Waals surface area (Å²) in [5, 5.41) is 6.82. The van der Waals surface area contributed by atoms with E-state index < -0.39 is 0 Å². The first-order valence-electron chi connectivity index (χ1n) is 11.7. The molecule has 1 aliphatic heterocycles. The summed E-state index contributed by atoms with van der Waals surface area (Å²) in [6.07, 6.45) is 4.60. The van der Waals surface area contributed by atoms with Crippen molar-refractivity contribution in [1.82, 2.24) is 25.5 Å². The summed E-state index contributed by atoms with van der Waals surface area (Å²) in [7, 11) is 0. The third kappa shape index (κ3) is 7.37. The summed E-state index contributed by atoms with van der Waals surface area (Å²) in [5.74, 6) is 2.60. The fraction of sp³-hybridized carbons (Fsp3) is 0.542. The number of hydrogen-bond donors (Lipinski definition) is 2. The third-order valence-electron chi connectivity index (χ3n) is 5.36. The second-order valence-corrected chi connectivity index (χ2v) is 7.96. The molecule has 1 fully saturated rings. The number of nitrogens with zero attached hydrogens (tertiary/aromatic N) is 5. The molecule has 2 heterocycles. The zero-order chi connectivity index (χ0) is 22.6. The molecule has 8 nitrogen and oxygen atoms in total. The molecule has 2 N–H and O–H groups in total. The molecule has 0 spiro atoms. The summed E-state index contributed by atoms with van der Waals surface area (Å²) < 4.78 is 5.93. The highest BCUT2D eigenvalue weighted by Gasteiger charge is 2.18. The Balaban J connectivity index is 1.47. The van der Waals surface area contributed by atoms with Crippen molar-refractivity contribution in [2.24, 2.45) is 4.99 Å².